The summed E-state index contributed by atoms with van der Waals surface area (Å²) < 4.78 is 0. The van der Waals surface area contributed by atoms with E-state index in [1.54, 1.807) is 0 Å². The summed E-state index contributed by atoms with van der Waals surface area (Å²) in [6.07, 6.45) is 3.79. The molecule has 5 heteroatoms. The number of hydrogen-bond acceptors (Lipinski definition) is 4. The van der Waals surface area contributed by atoms with E-state index in [-0.39, 0.29) is 0 Å². The maximum atomic E-state index is 4.45. The van der Waals surface area contributed by atoms with E-state index in [1.165, 1.54) is 5.56 Å². The monoisotopic (exact) mass is 346 g/mol. The number of alkyl halides is 1. The van der Waals surface area contributed by atoms with E-state index >= 15 is 0 Å². The summed E-state index contributed by atoms with van der Waals surface area (Å²) >= 11 is 3.42. The molecular weight excluding hydrogens is 328 g/mol. The lowest BCUT2D eigenvalue weighted by Crippen LogP contribution is -2.46. The molecule has 0 aliphatic carbocycles. The molecule has 110 valence electrons. The SMILES string of the molecule is BrCc1cnc(N2CCN(Cc3ccccc3)CC2)nc1. The summed E-state index contributed by atoms with van der Waals surface area (Å²) in [4.78, 5) is 13.6. The van der Waals surface area contributed by atoms with Gasteiger partial charge in [0.2, 0.25) is 5.95 Å². The standard InChI is InChI=1S/C16H19BrN4/c17-10-15-11-18-16(19-12-15)21-8-6-20(7-9-21)13-14-4-2-1-3-5-14/h1-5,11-12H,6-10,13H2. The van der Waals surface area contributed by atoms with Crippen LogP contribution in [-0.2, 0) is 11.9 Å². The van der Waals surface area contributed by atoms with Crippen LogP contribution in [0.25, 0.3) is 0 Å². The van der Waals surface area contributed by atoms with Gasteiger partial charge in [-0.05, 0) is 11.1 Å². The van der Waals surface area contributed by atoms with Crippen molar-refractivity contribution in [2.24, 2.45) is 0 Å². The summed E-state index contributed by atoms with van der Waals surface area (Å²) in [5, 5.41) is 0.804. The number of benzene rings is 1. The molecule has 0 amide bonds. The Balaban J connectivity index is 1.54. The van der Waals surface area contributed by atoms with Gasteiger partial charge in [-0.3, -0.25) is 4.90 Å². The molecule has 0 spiro atoms. The first-order chi connectivity index (χ1) is 10.3. The Morgan fingerprint density at radius 2 is 1.57 bits per heavy atom. The van der Waals surface area contributed by atoms with Gasteiger partial charge in [0.1, 0.15) is 0 Å². The molecule has 0 radical (unpaired) electrons. The normalized spacial score (nSPS) is 16.1. The Hall–Kier alpha value is -1.46. The molecule has 2 aromatic rings. The molecule has 1 saturated heterocycles. The molecule has 4 nitrogen and oxygen atoms in total. The minimum Gasteiger partial charge on any atom is -0.338 e. The summed E-state index contributed by atoms with van der Waals surface area (Å²) in [5.41, 5.74) is 2.49. The average molecular weight is 347 g/mol. The third-order valence-electron chi connectivity index (χ3n) is 3.75. The molecule has 0 N–H and O–H groups in total. The molecule has 1 aromatic heterocycles. The van der Waals surface area contributed by atoms with E-state index in [4.69, 9.17) is 0 Å². The van der Waals surface area contributed by atoms with Crippen LogP contribution in [0.2, 0.25) is 0 Å². The number of hydrogen-bond donors (Lipinski definition) is 0. The van der Waals surface area contributed by atoms with Crippen molar-refractivity contribution in [1.82, 2.24) is 14.9 Å². The van der Waals surface area contributed by atoms with Gasteiger partial charge < -0.3 is 4.90 Å². The van der Waals surface area contributed by atoms with E-state index in [1.807, 2.05) is 12.4 Å². The minimum atomic E-state index is 0.804. The van der Waals surface area contributed by atoms with Gasteiger partial charge in [-0.25, -0.2) is 9.97 Å². The highest BCUT2D eigenvalue weighted by Crippen LogP contribution is 2.13. The van der Waals surface area contributed by atoms with Gasteiger partial charge in [0.05, 0.1) is 0 Å². The Labute approximate surface area is 133 Å². The van der Waals surface area contributed by atoms with E-state index in [0.717, 1.165) is 49.6 Å². The summed E-state index contributed by atoms with van der Waals surface area (Å²) in [5.74, 6) is 0.846. The van der Waals surface area contributed by atoms with Crippen LogP contribution in [0.3, 0.4) is 0 Å². The second-order valence-corrected chi connectivity index (χ2v) is 5.83. The number of aromatic nitrogens is 2. The third kappa shape index (κ3) is 3.80. The van der Waals surface area contributed by atoms with Crippen molar-refractivity contribution in [1.29, 1.82) is 0 Å². The molecule has 21 heavy (non-hydrogen) atoms. The highest BCUT2D eigenvalue weighted by molar-refractivity contribution is 9.08. The van der Waals surface area contributed by atoms with Crippen molar-refractivity contribution in [2.75, 3.05) is 31.1 Å². The van der Waals surface area contributed by atoms with Gasteiger partial charge in [0, 0.05) is 50.4 Å². The number of anilines is 1. The Morgan fingerprint density at radius 3 is 2.19 bits per heavy atom. The molecule has 1 aromatic carbocycles. The largest absolute Gasteiger partial charge is 0.338 e. The van der Waals surface area contributed by atoms with Crippen molar-refractivity contribution in [3.63, 3.8) is 0 Å². The fourth-order valence-electron chi connectivity index (χ4n) is 2.53. The molecule has 1 fully saturated rings. The van der Waals surface area contributed by atoms with Gasteiger partial charge >= 0.3 is 0 Å². The second-order valence-electron chi connectivity index (χ2n) is 5.27. The van der Waals surface area contributed by atoms with Crippen LogP contribution in [0.1, 0.15) is 11.1 Å². The third-order valence-corrected chi connectivity index (χ3v) is 4.40. The number of nitrogens with zero attached hydrogens (tertiary/aromatic N) is 4. The smallest absolute Gasteiger partial charge is 0.225 e. The predicted molar refractivity (Wildman–Crippen MR) is 88.6 cm³/mol. The summed E-state index contributed by atoms with van der Waals surface area (Å²) in [6.45, 7) is 5.11. The number of halogens is 1. The molecule has 2 heterocycles. The fourth-order valence-corrected chi connectivity index (χ4v) is 2.82. The fraction of sp³-hybridized carbons (Fsp3) is 0.375. The number of piperazine rings is 1. The zero-order valence-electron chi connectivity index (χ0n) is 12.0. The second kappa shape index (κ2) is 7.00. The lowest BCUT2D eigenvalue weighted by atomic mass is 10.2. The summed E-state index contributed by atoms with van der Waals surface area (Å²) in [6, 6.07) is 10.6. The van der Waals surface area contributed by atoms with E-state index in [0.29, 0.717) is 0 Å². The molecule has 3 rings (SSSR count). The van der Waals surface area contributed by atoms with Crippen LogP contribution in [0.15, 0.2) is 42.7 Å². The molecule has 1 aliphatic rings. The van der Waals surface area contributed by atoms with Gasteiger partial charge in [0.15, 0.2) is 0 Å². The first kappa shape index (κ1) is 14.5. The lowest BCUT2D eigenvalue weighted by molar-refractivity contribution is 0.248. The van der Waals surface area contributed by atoms with Gasteiger partial charge in [-0.2, -0.15) is 0 Å². The van der Waals surface area contributed by atoms with Gasteiger partial charge in [-0.15, -0.1) is 0 Å². The zero-order chi connectivity index (χ0) is 14.5. The zero-order valence-corrected chi connectivity index (χ0v) is 13.5. The maximum absolute atomic E-state index is 4.45. The molecule has 0 saturated carbocycles. The van der Waals surface area contributed by atoms with Crippen LogP contribution >= 0.6 is 15.9 Å². The first-order valence-electron chi connectivity index (χ1n) is 7.23. The topological polar surface area (TPSA) is 32.3 Å². The van der Waals surface area contributed by atoms with Crippen LogP contribution in [-0.4, -0.2) is 41.0 Å². The Kier molecular flexibility index (Phi) is 4.83. The van der Waals surface area contributed by atoms with Gasteiger partial charge in [0.25, 0.3) is 0 Å². The van der Waals surface area contributed by atoms with Crippen molar-refractivity contribution in [2.45, 2.75) is 11.9 Å². The van der Waals surface area contributed by atoms with E-state index in [9.17, 15) is 0 Å². The molecule has 0 atom stereocenters. The van der Waals surface area contributed by atoms with E-state index < -0.39 is 0 Å². The quantitative estimate of drug-likeness (QED) is 0.796. The Bertz CT molecular complexity index is 550. The van der Waals surface area contributed by atoms with Crippen molar-refractivity contribution in [3.05, 3.63) is 53.9 Å². The summed E-state index contributed by atoms with van der Waals surface area (Å²) in [7, 11) is 0. The minimum absolute atomic E-state index is 0.804. The van der Waals surface area contributed by atoms with Crippen molar-refractivity contribution in [3.8, 4) is 0 Å². The Morgan fingerprint density at radius 1 is 0.905 bits per heavy atom. The van der Waals surface area contributed by atoms with Crippen molar-refractivity contribution < 1.29 is 0 Å². The van der Waals surface area contributed by atoms with Crippen LogP contribution < -0.4 is 4.90 Å². The maximum Gasteiger partial charge on any atom is 0.225 e. The van der Waals surface area contributed by atoms with Crippen LogP contribution in [0.4, 0.5) is 5.95 Å². The molecule has 0 unspecified atom stereocenters. The van der Waals surface area contributed by atoms with Crippen molar-refractivity contribution >= 4 is 21.9 Å². The van der Waals surface area contributed by atoms with E-state index in [2.05, 4.69) is 66.0 Å². The van der Waals surface area contributed by atoms with Crippen LogP contribution in [0.5, 0.6) is 0 Å². The highest BCUT2D eigenvalue weighted by Gasteiger charge is 2.18. The molecular formula is C16H19BrN4. The highest BCUT2D eigenvalue weighted by atomic mass is 79.9. The molecule has 0 bridgehead atoms. The lowest BCUT2D eigenvalue weighted by Gasteiger charge is -2.34. The number of rotatable bonds is 4. The van der Waals surface area contributed by atoms with Gasteiger partial charge in [-0.1, -0.05) is 46.3 Å². The first-order valence-corrected chi connectivity index (χ1v) is 8.35. The molecule has 1 aliphatic heterocycles. The average Bonchev–Trinajstić information content (AvgIpc) is 2.57. The van der Waals surface area contributed by atoms with Crippen LogP contribution in [0, 0.1) is 0 Å². The predicted octanol–water partition coefficient (Wildman–Crippen LogP) is 2.69.